The molecular formula is C19H25FN2O3. The Morgan fingerprint density at radius 2 is 1.72 bits per heavy atom. The van der Waals surface area contributed by atoms with Gasteiger partial charge in [-0.05, 0) is 56.6 Å². The van der Waals surface area contributed by atoms with E-state index in [-0.39, 0.29) is 29.5 Å². The van der Waals surface area contributed by atoms with Gasteiger partial charge in [0.25, 0.3) is 0 Å². The Balaban J connectivity index is 1.54. The van der Waals surface area contributed by atoms with Gasteiger partial charge >= 0.3 is 0 Å². The summed E-state index contributed by atoms with van der Waals surface area (Å²) in [6.45, 7) is 4.11. The number of likely N-dealkylation sites (tertiary alicyclic amines) is 2. The zero-order valence-electron chi connectivity index (χ0n) is 14.5. The summed E-state index contributed by atoms with van der Waals surface area (Å²) in [5, 5.41) is 10.4. The first-order chi connectivity index (χ1) is 12.0. The van der Waals surface area contributed by atoms with Gasteiger partial charge in [-0.1, -0.05) is 0 Å². The molecule has 2 saturated heterocycles. The van der Waals surface area contributed by atoms with E-state index < -0.39 is 6.10 Å². The molecule has 1 amide bonds. The van der Waals surface area contributed by atoms with Crippen molar-refractivity contribution in [2.24, 2.45) is 5.92 Å². The Bertz CT molecular complexity index is 626. The van der Waals surface area contributed by atoms with Gasteiger partial charge in [0, 0.05) is 37.5 Å². The predicted molar refractivity (Wildman–Crippen MR) is 91.7 cm³/mol. The molecular weight excluding hydrogens is 323 g/mol. The van der Waals surface area contributed by atoms with Crippen molar-refractivity contribution in [3.63, 3.8) is 0 Å². The summed E-state index contributed by atoms with van der Waals surface area (Å²) in [6, 6.07) is 5.79. The van der Waals surface area contributed by atoms with Crippen molar-refractivity contribution in [2.75, 3.05) is 26.2 Å². The van der Waals surface area contributed by atoms with E-state index in [0.29, 0.717) is 18.7 Å². The van der Waals surface area contributed by atoms with Crippen LogP contribution in [0.3, 0.4) is 0 Å². The third-order valence-electron chi connectivity index (χ3n) is 5.49. The monoisotopic (exact) mass is 348 g/mol. The zero-order valence-corrected chi connectivity index (χ0v) is 14.5. The van der Waals surface area contributed by atoms with Gasteiger partial charge in [-0.15, -0.1) is 0 Å². The Morgan fingerprint density at radius 3 is 2.28 bits per heavy atom. The van der Waals surface area contributed by atoms with Gasteiger partial charge in [0.1, 0.15) is 5.82 Å². The van der Waals surface area contributed by atoms with Crippen LogP contribution in [0.2, 0.25) is 0 Å². The van der Waals surface area contributed by atoms with Crippen LogP contribution >= 0.6 is 0 Å². The van der Waals surface area contributed by atoms with E-state index in [1.807, 2.05) is 0 Å². The molecule has 0 aromatic heterocycles. The number of hydrogen-bond donors (Lipinski definition) is 1. The molecule has 5 nitrogen and oxygen atoms in total. The quantitative estimate of drug-likeness (QED) is 0.845. The van der Waals surface area contributed by atoms with Crippen LogP contribution in [0.1, 0.15) is 36.5 Å². The summed E-state index contributed by atoms with van der Waals surface area (Å²) in [7, 11) is 0. The Kier molecular flexibility index (Phi) is 5.49. The van der Waals surface area contributed by atoms with Crippen molar-refractivity contribution in [3.05, 3.63) is 35.6 Å². The summed E-state index contributed by atoms with van der Waals surface area (Å²) in [5.74, 6) is -0.305. The van der Waals surface area contributed by atoms with Crippen molar-refractivity contribution in [1.29, 1.82) is 0 Å². The molecule has 1 aromatic carbocycles. The molecule has 2 aliphatic heterocycles. The lowest BCUT2D eigenvalue weighted by atomic mass is 9.87. The summed E-state index contributed by atoms with van der Waals surface area (Å²) >= 11 is 0. The number of carbonyl (C=O) groups excluding carboxylic acids is 2. The number of benzene rings is 1. The maximum atomic E-state index is 13.0. The first kappa shape index (κ1) is 18.0. The number of nitrogens with zero attached hydrogens (tertiary/aromatic N) is 2. The second kappa shape index (κ2) is 7.62. The van der Waals surface area contributed by atoms with E-state index in [1.165, 1.54) is 19.1 Å². The lowest BCUT2D eigenvalue weighted by molar-refractivity contribution is -0.134. The molecule has 2 fully saturated rings. The fourth-order valence-corrected chi connectivity index (χ4v) is 3.97. The minimum Gasteiger partial charge on any atom is -0.390 e. The van der Waals surface area contributed by atoms with Crippen LogP contribution in [0.25, 0.3) is 0 Å². The largest absolute Gasteiger partial charge is 0.390 e. The van der Waals surface area contributed by atoms with E-state index in [0.717, 1.165) is 32.4 Å². The average Bonchev–Trinajstić information content (AvgIpc) is 2.62. The first-order valence-corrected chi connectivity index (χ1v) is 8.93. The van der Waals surface area contributed by atoms with Gasteiger partial charge in [0.2, 0.25) is 5.91 Å². The van der Waals surface area contributed by atoms with Crippen molar-refractivity contribution in [2.45, 2.75) is 38.3 Å². The molecule has 0 bridgehead atoms. The number of amides is 1. The molecule has 136 valence electrons. The van der Waals surface area contributed by atoms with Crippen LogP contribution in [0.4, 0.5) is 4.39 Å². The van der Waals surface area contributed by atoms with Crippen LogP contribution in [0, 0.1) is 11.7 Å². The fourth-order valence-electron chi connectivity index (χ4n) is 3.97. The normalized spacial score (nSPS) is 25.8. The van der Waals surface area contributed by atoms with Gasteiger partial charge in [0.05, 0.1) is 6.10 Å². The number of β-amino-alcohol motifs (C(OH)–C–C–N with tert-alkyl or cyclic N) is 1. The highest BCUT2D eigenvalue weighted by Gasteiger charge is 2.36. The smallest absolute Gasteiger partial charge is 0.219 e. The number of piperidine rings is 2. The van der Waals surface area contributed by atoms with E-state index in [9.17, 15) is 19.1 Å². The van der Waals surface area contributed by atoms with Crippen molar-refractivity contribution in [1.82, 2.24) is 9.80 Å². The number of hydrogen-bond acceptors (Lipinski definition) is 4. The molecule has 6 heteroatoms. The number of rotatable bonds is 3. The van der Waals surface area contributed by atoms with E-state index in [1.54, 1.807) is 17.0 Å². The third kappa shape index (κ3) is 4.07. The second-order valence-corrected chi connectivity index (χ2v) is 7.07. The standard InChI is InChI=1S/C19H25FN2O3/c1-13(23)22-11-8-17(18(24)12-22)21-9-6-15(7-10-21)19(25)14-2-4-16(20)5-3-14/h2-5,15,17-18,24H,6-12H2,1H3. The minimum absolute atomic E-state index is 0.00102. The molecule has 2 unspecified atom stereocenters. The van der Waals surface area contributed by atoms with Crippen LogP contribution in [-0.4, -0.2) is 64.9 Å². The fraction of sp³-hybridized carbons (Fsp3) is 0.579. The van der Waals surface area contributed by atoms with E-state index in [2.05, 4.69) is 4.90 Å². The Labute approximate surface area is 147 Å². The lowest BCUT2D eigenvalue weighted by Gasteiger charge is -2.44. The summed E-state index contributed by atoms with van der Waals surface area (Å²) in [6.07, 6.45) is 1.71. The number of aliphatic hydroxyl groups excluding tert-OH is 1. The molecule has 1 aromatic rings. The molecule has 0 radical (unpaired) electrons. The molecule has 2 aliphatic rings. The van der Waals surface area contributed by atoms with Crippen LogP contribution in [0.15, 0.2) is 24.3 Å². The Hall–Kier alpha value is -1.79. The van der Waals surface area contributed by atoms with Crippen molar-refractivity contribution in [3.8, 4) is 0 Å². The van der Waals surface area contributed by atoms with Crippen LogP contribution < -0.4 is 0 Å². The van der Waals surface area contributed by atoms with Crippen molar-refractivity contribution >= 4 is 11.7 Å². The molecule has 1 N–H and O–H groups in total. The summed E-state index contributed by atoms with van der Waals surface area (Å²) < 4.78 is 13.0. The van der Waals surface area contributed by atoms with Crippen LogP contribution in [0.5, 0.6) is 0 Å². The summed E-state index contributed by atoms with van der Waals surface area (Å²) in [4.78, 5) is 27.9. The Morgan fingerprint density at radius 1 is 1.08 bits per heavy atom. The number of Topliss-reactive ketones (excluding diaryl/α,β-unsaturated/α-hetero) is 1. The third-order valence-corrected chi connectivity index (χ3v) is 5.49. The number of ketones is 1. The molecule has 3 rings (SSSR count). The summed E-state index contributed by atoms with van der Waals surface area (Å²) in [5.41, 5.74) is 0.564. The van der Waals surface area contributed by atoms with Crippen LogP contribution in [-0.2, 0) is 4.79 Å². The molecule has 2 heterocycles. The van der Waals surface area contributed by atoms with Gasteiger partial charge in [-0.3, -0.25) is 14.5 Å². The van der Waals surface area contributed by atoms with Gasteiger partial charge in [-0.2, -0.15) is 0 Å². The maximum Gasteiger partial charge on any atom is 0.219 e. The number of carbonyl (C=O) groups is 2. The molecule has 0 saturated carbocycles. The maximum absolute atomic E-state index is 13.0. The van der Waals surface area contributed by atoms with E-state index >= 15 is 0 Å². The molecule has 25 heavy (non-hydrogen) atoms. The molecule has 0 spiro atoms. The SMILES string of the molecule is CC(=O)N1CCC(N2CCC(C(=O)c3ccc(F)cc3)CC2)C(O)C1. The number of aliphatic hydroxyl groups is 1. The number of halogens is 1. The predicted octanol–water partition coefficient (Wildman–Crippen LogP) is 1.70. The van der Waals surface area contributed by atoms with Gasteiger partial charge in [0.15, 0.2) is 5.78 Å². The molecule has 2 atom stereocenters. The average molecular weight is 348 g/mol. The highest BCUT2D eigenvalue weighted by molar-refractivity contribution is 5.97. The highest BCUT2D eigenvalue weighted by Crippen LogP contribution is 2.26. The second-order valence-electron chi connectivity index (χ2n) is 7.07. The van der Waals surface area contributed by atoms with E-state index in [4.69, 9.17) is 0 Å². The van der Waals surface area contributed by atoms with Gasteiger partial charge in [-0.25, -0.2) is 4.39 Å². The van der Waals surface area contributed by atoms with Crippen molar-refractivity contribution < 1.29 is 19.1 Å². The zero-order chi connectivity index (χ0) is 18.0. The first-order valence-electron chi connectivity index (χ1n) is 8.93. The highest BCUT2D eigenvalue weighted by atomic mass is 19.1. The topological polar surface area (TPSA) is 60.9 Å². The lowest BCUT2D eigenvalue weighted by Crippen LogP contribution is -2.56. The van der Waals surface area contributed by atoms with Gasteiger partial charge < -0.3 is 10.0 Å². The minimum atomic E-state index is -0.540. The molecule has 0 aliphatic carbocycles.